The number of quaternary nitrogens is 1. The number of aromatic nitrogens is 4. The molecule has 15 aromatic rings. The van der Waals surface area contributed by atoms with Gasteiger partial charge in [-0.25, -0.2) is 67.8 Å². The van der Waals surface area contributed by atoms with Gasteiger partial charge in [0.05, 0.1) is 114 Å². The lowest BCUT2D eigenvalue weighted by atomic mass is 10.0. The third-order valence-electron chi connectivity index (χ3n) is 17.6. The number of benzene rings is 7. The number of sulfonamides is 3. The summed E-state index contributed by atoms with van der Waals surface area (Å²) in [4.78, 5) is 54.0. The minimum Gasteiger partial charge on any atom is -0.748 e. The van der Waals surface area contributed by atoms with Gasteiger partial charge in [-0.3, -0.25) is 30.3 Å². The summed E-state index contributed by atoms with van der Waals surface area (Å²) in [7, 11) is -15.4. The molecule has 0 aliphatic heterocycles. The number of non-ortho nitro benzene ring substituents is 3. The van der Waals surface area contributed by atoms with E-state index in [4.69, 9.17) is 5.73 Å². The molecule has 0 aliphatic rings. The molecular formula is C82H77BrN12O15S12. The Morgan fingerprint density at radius 2 is 0.549 bits per heavy atom. The van der Waals surface area contributed by atoms with Crippen molar-refractivity contribution in [3.8, 4) is 39.5 Å². The molecule has 0 saturated heterocycles. The van der Waals surface area contributed by atoms with Crippen LogP contribution in [0.4, 0.5) is 17.1 Å². The normalized spacial score (nSPS) is 12.4. The van der Waals surface area contributed by atoms with Crippen LogP contribution in [-0.2, 0) is 88.9 Å². The lowest BCUT2D eigenvalue weighted by Gasteiger charge is -2.18. The van der Waals surface area contributed by atoms with Crippen molar-refractivity contribution >= 4 is 165 Å². The number of nitro groups is 3. The van der Waals surface area contributed by atoms with Gasteiger partial charge in [-0.15, -0.1) is 108 Å². The van der Waals surface area contributed by atoms with Gasteiger partial charge in [-0.1, -0.05) is 176 Å². The van der Waals surface area contributed by atoms with Crippen molar-refractivity contribution in [3.05, 3.63) is 377 Å². The molecule has 0 saturated carbocycles. The molecule has 0 fully saturated rings. The third-order valence-corrected chi connectivity index (χ3v) is 30.0. The van der Waals surface area contributed by atoms with Crippen LogP contribution in [0.15, 0.2) is 280 Å². The van der Waals surface area contributed by atoms with Crippen LogP contribution >= 0.6 is 108 Å². The molecule has 8 heterocycles. The highest BCUT2D eigenvalue weighted by Crippen LogP contribution is 2.37. The van der Waals surface area contributed by atoms with Crippen molar-refractivity contribution in [2.45, 2.75) is 72.9 Å². The van der Waals surface area contributed by atoms with E-state index in [9.17, 15) is 68.6 Å². The van der Waals surface area contributed by atoms with Gasteiger partial charge in [0.1, 0.15) is 20.0 Å². The monoisotopic (exact) mass is 1930 g/mol. The number of hydrogen-bond acceptors (Lipinski definition) is 28. The van der Waals surface area contributed by atoms with Crippen molar-refractivity contribution in [1.29, 1.82) is 0 Å². The van der Waals surface area contributed by atoms with Crippen molar-refractivity contribution in [2.75, 3.05) is 0 Å². The lowest BCUT2D eigenvalue weighted by Crippen LogP contribution is -2.31. The van der Waals surface area contributed by atoms with E-state index < -0.39 is 78.8 Å². The molecule has 0 bridgehead atoms. The quantitative estimate of drug-likeness (QED) is 0.0145. The highest BCUT2D eigenvalue weighted by Gasteiger charge is 2.28. The van der Waals surface area contributed by atoms with E-state index in [2.05, 4.69) is 34.1 Å². The van der Waals surface area contributed by atoms with Crippen LogP contribution in [0, 0.1) is 30.3 Å². The van der Waals surface area contributed by atoms with Crippen molar-refractivity contribution < 1.29 is 53.0 Å². The molecule has 15 rings (SSSR count). The van der Waals surface area contributed by atoms with Gasteiger partial charge in [0.15, 0.2) is 0 Å². The molecule has 40 heteroatoms. The molecular weight excluding hydrogens is 1860 g/mol. The second kappa shape index (κ2) is 44.4. The van der Waals surface area contributed by atoms with Gasteiger partial charge >= 0.3 is 0 Å². The smallest absolute Gasteiger partial charge is 0.269 e. The Labute approximate surface area is 746 Å². The first-order valence-corrected chi connectivity index (χ1v) is 49.7. The Hall–Kier alpha value is -9.90. The molecule has 122 heavy (non-hydrogen) atoms. The van der Waals surface area contributed by atoms with Gasteiger partial charge in [-0.2, -0.15) is 0 Å². The van der Waals surface area contributed by atoms with Crippen LogP contribution in [0.3, 0.4) is 0 Å². The largest absolute Gasteiger partial charge is 0.748 e. The van der Waals surface area contributed by atoms with E-state index >= 15 is 0 Å². The second-order valence-electron chi connectivity index (χ2n) is 26.7. The maximum Gasteiger partial charge on any atom is 0.269 e. The van der Waals surface area contributed by atoms with Gasteiger partial charge in [0.25, 0.3) is 17.1 Å². The van der Waals surface area contributed by atoms with E-state index in [0.717, 1.165) is 67.5 Å². The molecule has 7 aromatic carbocycles. The van der Waals surface area contributed by atoms with Crippen LogP contribution in [-0.4, -0.2) is 72.9 Å². The van der Waals surface area contributed by atoms with E-state index in [-0.39, 0.29) is 63.5 Å². The number of nitrogens with two attached hydrogens (primary N) is 1. The van der Waals surface area contributed by atoms with Crippen molar-refractivity contribution in [1.82, 2.24) is 40.3 Å². The minimum atomic E-state index is -4.38. The number of nitrogens with zero attached hydrogens (tertiary/aromatic N) is 7. The standard InChI is InChI=1S/C23H22N2O5S4.2C22H19N3O4S3.C15H13N3O2S2.BrH.H3N/c26-33(27,15-18-5-2-1-3-6-18)25-20(21-14-32-23(24-21)22-7-4-12-31-22)13-17-8-10-19(11-9-17)16-34(28,29)30;2*26-25(27)18-10-8-16(9-11-18)13-19(20-14-31-22(23-20)21-7-4-12-30-21)24-32(28,29)15-17-5-2-1-3-6-17;16-12(8-10-3-5-11(6-4-10)18(19)20)13-9-22-15(17-13)14-2-1-7-21-14;;/h1-12,14,20,25H,13,15-16H2,(H,28,29,30);2*1-12,14,19,24H,13,15H2;1-7,9,12H,8,16H2;1H;1H3/t20-;2*19-;12-;;/m0000../s1. The number of halogens is 1. The first kappa shape index (κ1) is 94.4. The summed E-state index contributed by atoms with van der Waals surface area (Å²) in [6.07, 6.45) is 1.55. The van der Waals surface area contributed by atoms with Gasteiger partial charge < -0.3 is 16.4 Å². The fourth-order valence-corrected chi connectivity index (χ4v) is 23.3. The highest BCUT2D eigenvalue weighted by atomic mass is 79.9. The van der Waals surface area contributed by atoms with Gasteiger partial charge in [0.2, 0.25) is 30.1 Å². The average Bonchev–Trinajstić information content (AvgIpc) is 1.63. The summed E-state index contributed by atoms with van der Waals surface area (Å²) >= 11 is 12.3. The van der Waals surface area contributed by atoms with Crippen LogP contribution < -0.4 is 26.1 Å². The summed E-state index contributed by atoms with van der Waals surface area (Å²) < 4.78 is 119. The fourth-order valence-electron chi connectivity index (χ4n) is 11.9. The summed E-state index contributed by atoms with van der Waals surface area (Å²) in [5.41, 5.74) is 14.7. The molecule has 0 spiro atoms. The second-order valence-corrected chi connectivity index (χ2v) is 40.6. The zero-order chi connectivity index (χ0) is 84.8. The van der Waals surface area contributed by atoms with Crippen LogP contribution in [0.1, 0.15) is 91.5 Å². The SMILES string of the molecule is Br.N[C@@H](Cc1ccc([N+](=O)[O-])cc1)c1csc(-c2cccs2)n1.O=S(=O)([O-])Cc1ccc(C[C@H](NS(=O)(=O)Cc2ccccc2)c2csc(-c3cccs3)n2)cc1.O=[N+]([O-])c1ccc(C[C@H](NS(=O)(=O)Cc2ccccc2)c2csc(-c3cccs3)n2)cc1.O=[N+]([O-])c1ccc(C[C@H](NS(=O)(=O)Cc2ccccc2)c2csc(-c3cccs3)n2)cc1.[NH4+]. The molecule has 27 nitrogen and oxygen atoms in total. The first-order chi connectivity index (χ1) is 57.6. The highest BCUT2D eigenvalue weighted by molar-refractivity contribution is 8.93. The van der Waals surface area contributed by atoms with E-state index in [1.807, 2.05) is 110 Å². The average molecular weight is 1940 g/mol. The number of rotatable bonds is 33. The summed E-state index contributed by atoms with van der Waals surface area (Å²) in [6, 6.07) is 65.8. The Morgan fingerprint density at radius 1 is 0.311 bits per heavy atom. The lowest BCUT2D eigenvalue weighted by molar-refractivity contribution is -0.385. The molecule has 8 aromatic heterocycles. The fraction of sp³-hybridized carbons (Fsp3) is 0.146. The Morgan fingerprint density at radius 3 is 0.803 bits per heavy atom. The number of nitrogens with one attached hydrogen (secondary N) is 3. The van der Waals surface area contributed by atoms with Crippen LogP contribution in [0.2, 0.25) is 0 Å². The summed E-state index contributed by atoms with van der Waals surface area (Å²) in [6.45, 7) is 0. The molecule has 0 unspecified atom stereocenters. The molecule has 634 valence electrons. The molecule has 0 radical (unpaired) electrons. The summed E-state index contributed by atoms with van der Waals surface area (Å²) in [5.74, 6) is -1.04. The third kappa shape index (κ3) is 28.9. The van der Waals surface area contributed by atoms with Crippen LogP contribution in [0.5, 0.6) is 0 Å². The number of thiophene rings is 4. The van der Waals surface area contributed by atoms with Crippen molar-refractivity contribution in [3.63, 3.8) is 0 Å². The first-order valence-electron chi connectivity index (χ1n) is 36.1. The zero-order valence-corrected chi connectivity index (χ0v) is 75.8. The predicted octanol–water partition coefficient (Wildman–Crippen LogP) is 19.7. The topological polar surface area (TPSA) is 439 Å². The number of nitro benzene ring substituents is 3. The molecule has 4 atom stereocenters. The maximum absolute atomic E-state index is 13.0. The van der Waals surface area contributed by atoms with E-state index in [1.54, 1.807) is 190 Å². The molecule has 0 amide bonds. The number of hydrogen-bond donors (Lipinski definition) is 5. The minimum absolute atomic E-state index is 0. The van der Waals surface area contributed by atoms with Gasteiger partial charge in [0, 0.05) is 57.9 Å². The number of thiazole rings is 4. The Kier molecular flexibility index (Phi) is 34.4. The summed E-state index contributed by atoms with van der Waals surface area (Å²) in [5, 5.41) is 51.4. The molecule has 0 aliphatic carbocycles. The predicted molar refractivity (Wildman–Crippen MR) is 494 cm³/mol. The van der Waals surface area contributed by atoms with Crippen molar-refractivity contribution in [2.24, 2.45) is 5.73 Å². The van der Waals surface area contributed by atoms with Crippen LogP contribution in [0.25, 0.3) is 39.5 Å². The van der Waals surface area contributed by atoms with E-state index in [0.29, 0.717) is 65.0 Å². The Bertz CT molecular complexity index is 6100. The van der Waals surface area contributed by atoms with Gasteiger partial charge in [-0.05, 0) is 116 Å². The van der Waals surface area contributed by atoms with E-state index in [1.165, 1.54) is 70.4 Å². The zero-order valence-electron chi connectivity index (χ0n) is 64.2. The Balaban J connectivity index is 0.000000171. The molecule has 9 N–H and O–H groups in total. The maximum atomic E-state index is 13.0.